The van der Waals surface area contributed by atoms with E-state index in [1.807, 2.05) is 30.3 Å². The van der Waals surface area contributed by atoms with Gasteiger partial charge in [-0.1, -0.05) is 18.2 Å². The van der Waals surface area contributed by atoms with Crippen LogP contribution in [0.4, 0.5) is 11.4 Å². The molecule has 0 bridgehead atoms. The fourth-order valence-corrected chi connectivity index (χ4v) is 3.59. The highest BCUT2D eigenvalue weighted by Gasteiger charge is 2.35. The molecule has 2 amide bonds. The molecule has 0 radical (unpaired) electrons. The summed E-state index contributed by atoms with van der Waals surface area (Å²) in [7, 11) is 4.57. The highest BCUT2D eigenvalue weighted by Crippen LogP contribution is 2.42. The second kappa shape index (κ2) is 10.6. The Balaban J connectivity index is 1.54. The van der Waals surface area contributed by atoms with Crippen molar-refractivity contribution in [1.82, 2.24) is 5.32 Å². The van der Waals surface area contributed by atoms with Gasteiger partial charge in [0.25, 0.3) is 0 Å². The van der Waals surface area contributed by atoms with Crippen molar-refractivity contribution in [3.8, 4) is 17.2 Å². The van der Waals surface area contributed by atoms with Crippen molar-refractivity contribution in [2.75, 3.05) is 51.2 Å². The Hall–Kier alpha value is -3.42. The molecular weight excluding hydrogens is 398 g/mol. The zero-order valence-electron chi connectivity index (χ0n) is 18.1. The molecule has 1 aliphatic heterocycles. The van der Waals surface area contributed by atoms with Crippen LogP contribution in [0.5, 0.6) is 17.2 Å². The van der Waals surface area contributed by atoms with Crippen LogP contribution in [0, 0.1) is 5.92 Å². The van der Waals surface area contributed by atoms with Crippen LogP contribution >= 0.6 is 0 Å². The normalized spacial score (nSPS) is 15.5. The molecule has 1 saturated heterocycles. The third-order valence-electron chi connectivity index (χ3n) is 5.21. The molecule has 1 atom stereocenters. The van der Waals surface area contributed by atoms with E-state index in [9.17, 15) is 9.59 Å². The minimum atomic E-state index is -0.395. The average molecular weight is 428 g/mol. The first kappa shape index (κ1) is 22.3. The van der Waals surface area contributed by atoms with Crippen LogP contribution in [0.2, 0.25) is 0 Å². The largest absolute Gasteiger partial charge is 0.493 e. The Bertz CT molecular complexity index is 878. The first-order valence-electron chi connectivity index (χ1n) is 10.2. The van der Waals surface area contributed by atoms with Crippen molar-refractivity contribution >= 4 is 23.2 Å². The number of methoxy groups -OCH3 is 3. The molecule has 1 fully saturated rings. The average Bonchev–Trinajstić information content (AvgIpc) is 3.20. The molecule has 2 aromatic rings. The molecule has 1 aliphatic rings. The monoisotopic (exact) mass is 427 g/mol. The standard InChI is InChI=1S/C23H29N3O5/c1-29-19-13-18(14-20(30-2)22(19)31-3)26-15-16(12-21(26)27)23(28)25-11-7-10-24-17-8-5-4-6-9-17/h4-6,8-9,13-14,16,24H,7,10-12,15H2,1-3H3,(H,25,28). The highest BCUT2D eigenvalue weighted by molar-refractivity contribution is 6.00. The van der Waals surface area contributed by atoms with Crippen LogP contribution < -0.4 is 29.7 Å². The van der Waals surface area contributed by atoms with Crippen LogP contribution in [-0.2, 0) is 9.59 Å². The Morgan fingerprint density at radius 2 is 1.71 bits per heavy atom. The van der Waals surface area contributed by atoms with Crippen LogP contribution in [0.15, 0.2) is 42.5 Å². The van der Waals surface area contributed by atoms with Crippen LogP contribution in [-0.4, -0.2) is 52.8 Å². The second-order valence-electron chi connectivity index (χ2n) is 7.23. The molecule has 166 valence electrons. The molecule has 2 aromatic carbocycles. The minimum absolute atomic E-state index is 0.108. The van der Waals surface area contributed by atoms with Gasteiger partial charge in [0.1, 0.15) is 0 Å². The summed E-state index contributed by atoms with van der Waals surface area (Å²) in [6, 6.07) is 13.3. The molecule has 0 spiro atoms. The van der Waals surface area contributed by atoms with Crippen LogP contribution in [0.3, 0.4) is 0 Å². The van der Waals surface area contributed by atoms with Crippen molar-refractivity contribution in [2.45, 2.75) is 12.8 Å². The maximum absolute atomic E-state index is 12.6. The number of carbonyl (C=O) groups excluding carboxylic acids is 2. The lowest BCUT2D eigenvalue weighted by Crippen LogP contribution is -2.34. The lowest BCUT2D eigenvalue weighted by atomic mass is 10.1. The van der Waals surface area contributed by atoms with Gasteiger partial charge in [-0.05, 0) is 18.6 Å². The zero-order valence-corrected chi connectivity index (χ0v) is 18.1. The number of carbonyl (C=O) groups is 2. The van der Waals surface area contributed by atoms with Gasteiger partial charge < -0.3 is 29.7 Å². The SMILES string of the molecule is COc1cc(N2CC(C(=O)NCCCNc3ccccc3)CC2=O)cc(OC)c1OC. The maximum Gasteiger partial charge on any atom is 0.227 e. The first-order chi connectivity index (χ1) is 15.1. The third-order valence-corrected chi connectivity index (χ3v) is 5.21. The summed E-state index contributed by atoms with van der Waals surface area (Å²) in [6.45, 7) is 1.62. The summed E-state index contributed by atoms with van der Waals surface area (Å²) in [4.78, 5) is 26.8. The quantitative estimate of drug-likeness (QED) is 0.567. The number of rotatable bonds is 10. The fraction of sp³-hybridized carbons (Fsp3) is 0.391. The van der Waals surface area contributed by atoms with Crippen molar-refractivity contribution in [2.24, 2.45) is 5.92 Å². The van der Waals surface area contributed by atoms with E-state index in [2.05, 4.69) is 10.6 Å². The van der Waals surface area contributed by atoms with Crippen LogP contribution in [0.25, 0.3) is 0 Å². The molecular formula is C23H29N3O5. The van der Waals surface area contributed by atoms with Crippen LogP contribution in [0.1, 0.15) is 12.8 Å². The van der Waals surface area contributed by atoms with Gasteiger partial charge in [-0.2, -0.15) is 0 Å². The lowest BCUT2D eigenvalue weighted by Gasteiger charge is -2.20. The van der Waals surface area contributed by atoms with Gasteiger partial charge in [-0.15, -0.1) is 0 Å². The fourth-order valence-electron chi connectivity index (χ4n) is 3.59. The summed E-state index contributed by atoms with van der Waals surface area (Å²) in [5.41, 5.74) is 1.66. The third kappa shape index (κ3) is 5.39. The predicted octanol–water partition coefficient (Wildman–Crippen LogP) is 2.68. The number of hydrogen-bond acceptors (Lipinski definition) is 6. The number of benzene rings is 2. The van der Waals surface area contributed by atoms with E-state index < -0.39 is 5.92 Å². The van der Waals surface area contributed by atoms with Crippen molar-refractivity contribution in [1.29, 1.82) is 0 Å². The zero-order chi connectivity index (χ0) is 22.2. The first-order valence-corrected chi connectivity index (χ1v) is 10.2. The number of para-hydroxylation sites is 1. The molecule has 8 nitrogen and oxygen atoms in total. The van der Waals surface area contributed by atoms with Crippen molar-refractivity contribution in [3.63, 3.8) is 0 Å². The van der Waals surface area contributed by atoms with E-state index in [-0.39, 0.29) is 18.2 Å². The summed E-state index contributed by atoms with van der Waals surface area (Å²) < 4.78 is 16.1. The predicted molar refractivity (Wildman–Crippen MR) is 119 cm³/mol. The highest BCUT2D eigenvalue weighted by atomic mass is 16.5. The smallest absolute Gasteiger partial charge is 0.227 e. The summed E-state index contributed by atoms with van der Waals surface area (Å²) in [5.74, 6) is 0.766. The number of ether oxygens (including phenoxy) is 3. The van der Waals surface area contributed by atoms with Gasteiger partial charge in [0.05, 0.1) is 32.9 Å². The van der Waals surface area contributed by atoms with E-state index in [1.165, 1.54) is 21.3 Å². The van der Waals surface area contributed by atoms with Gasteiger partial charge in [0.2, 0.25) is 17.6 Å². The van der Waals surface area contributed by atoms with Gasteiger partial charge >= 0.3 is 0 Å². The number of anilines is 2. The minimum Gasteiger partial charge on any atom is -0.493 e. The number of nitrogens with one attached hydrogen (secondary N) is 2. The van der Waals surface area contributed by atoms with Crippen molar-refractivity contribution < 1.29 is 23.8 Å². The number of hydrogen-bond donors (Lipinski definition) is 2. The van der Waals surface area contributed by atoms with Crippen molar-refractivity contribution in [3.05, 3.63) is 42.5 Å². The topological polar surface area (TPSA) is 89.1 Å². The molecule has 0 saturated carbocycles. The van der Waals surface area contributed by atoms with Gasteiger partial charge in [0.15, 0.2) is 11.5 Å². The summed E-state index contributed by atoms with van der Waals surface area (Å²) >= 11 is 0. The number of amides is 2. The molecule has 2 N–H and O–H groups in total. The molecule has 0 aromatic heterocycles. The van der Waals surface area contributed by atoms with E-state index in [1.54, 1.807) is 17.0 Å². The summed E-state index contributed by atoms with van der Waals surface area (Å²) in [5, 5.41) is 6.25. The van der Waals surface area contributed by atoms with E-state index in [4.69, 9.17) is 14.2 Å². The van der Waals surface area contributed by atoms with E-state index in [0.29, 0.717) is 36.0 Å². The van der Waals surface area contributed by atoms with Gasteiger partial charge in [-0.25, -0.2) is 0 Å². The molecule has 31 heavy (non-hydrogen) atoms. The van der Waals surface area contributed by atoms with Gasteiger partial charge in [-0.3, -0.25) is 9.59 Å². The second-order valence-corrected chi connectivity index (χ2v) is 7.23. The van der Waals surface area contributed by atoms with E-state index in [0.717, 1.165) is 18.7 Å². The molecule has 1 unspecified atom stereocenters. The number of nitrogens with zero attached hydrogens (tertiary/aromatic N) is 1. The Morgan fingerprint density at radius 3 is 2.32 bits per heavy atom. The lowest BCUT2D eigenvalue weighted by molar-refractivity contribution is -0.126. The van der Waals surface area contributed by atoms with E-state index >= 15 is 0 Å². The molecule has 1 heterocycles. The summed E-state index contributed by atoms with van der Waals surface area (Å²) in [6.07, 6.45) is 0.961. The van der Waals surface area contributed by atoms with Gasteiger partial charge in [0, 0.05) is 43.9 Å². The molecule has 8 heteroatoms. The Morgan fingerprint density at radius 1 is 1.03 bits per heavy atom. The Labute approximate surface area is 182 Å². The Kier molecular flexibility index (Phi) is 7.59. The molecule has 3 rings (SSSR count). The molecule has 0 aliphatic carbocycles. The maximum atomic E-state index is 12.6.